The number of hydrogen-bond donors (Lipinski definition) is 1. The number of carbonyl (C=O) groups is 2. The van der Waals surface area contributed by atoms with E-state index >= 15 is 0 Å². The summed E-state index contributed by atoms with van der Waals surface area (Å²) in [5, 5.41) is 3.71. The molecule has 6 nitrogen and oxygen atoms in total. The average Bonchev–Trinajstić information content (AvgIpc) is 2.81. The lowest BCUT2D eigenvalue weighted by atomic mass is 10.2. The molecule has 2 aromatic rings. The van der Waals surface area contributed by atoms with Crippen molar-refractivity contribution < 1.29 is 18.7 Å². The van der Waals surface area contributed by atoms with Crippen molar-refractivity contribution >= 4 is 17.7 Å². The van der Waals surface area contributed by atoms with E-state index in [9.17, 15) is 14.0 Å². The Balaban J connectivity index is 2.38. The van der Waals surface area contributed by atoms with Crippen LogP contribution in [0.1, 0.15) is 27.6 Å². The largest absolute Gasteiger partial charge is 0.462 e. The van der Waals surface area contributed by atoms with E-state index in [1.165, 1.54) is 18.2 Å². The number of anilines is 1. The highest BCUT2D eigenvalue weighted by Gasteiger charge is 2.22. The molecule has 1 aromatic heterocycles. The fourth-order valence-corrected chi connectivity index (χ4v) is 1.63. The molecule has 0 fully saturated rings. The van der Waals surface area contributed by atoms with Crippen LogP contribution in [0, 0.1) is 5.82 Å². The van der Waals surface area contributed by atoms with Gasteiger partial charge in [0.1, 0.15) is 17.2 Å². The van der Waals surface area contributed by atoms with Crippen LogP contribution in [-0.2, 0) is 4.74 Å². The Bertz CT molecular complexity index is 667. The Kier molecular flexibility index (Phi) is 3.79. The molecule has 0 saturated heterocycles. The van der Waals surface area contributed by atoms with E-state index in [1.54, 1.807) is 6.92 Å². The average molecular weight is 277 g/mol. The van der Waals surface area contributed by atoms with Crippen LogP contribution >= 0.6 is 0 Å². The van der Waals surface area contributed by atoms with E-state index in [4.69, 9.17) is 10.5 Å². The minimum absolute atomic E-state index is 0.0310. The first-order chi connectivity index (χ1) is 9.56. The molecule has 0 aliphatic carbocycles. The lowest BCUT2D eigenvalue weighted by Gasteiger charge is -2.05. The van der Waals surface area contributed by atoms with Crippen molar-refractivity contribution in [2.45, 2.75) is 6.92 Å². The zero-order valence-electron chi connectivity index (χ0n) is 10.7. The van der Waals surface area contributed by atoms with Gasteiger partial charge in [-0.3, -0.25) is 4.79 Å². The molecule has 2 rings (SSSR count). The van der Waals surface area contributed by atoms with Crippen LogP contribution in [-0.4, -0.2) is 28.3 Å². The smallest absolute Gasteiger partial charge is 0.343 e. The van der Waals surface area contributed by atoms with Crippen LogP contribution in [0.2, 0.25) is 0 Å². The fourth-order valence-electron chi connectivity index (χ4n) is 1.63. The summed E-state index contributed by atoms with van der Waals surface area (Å²) in [7, 11) is 0. The Morgan fingerprint density at radius 1 is 1.35 bits per heavy atom. The molecule has 0 aliphatic heterocycles. The molecular formula is C13H12FN3O3. The number of nitrogens with two attached hydrogens (primary N) is 1. The number of ether oxygens (including phenoxy) is 1. The van der Waals surface area contributed by atoms with Gasteiger partial charge < -0.3 is 10.5 Å². The van der Waals surface area contributed by atoms with Crippen LogP contribution in [0.5, 0.6) is 0 Å². The Morgan fingerprint density at radius 3 is 2.70 bits per heavy atom. The number of halogens is 1. The molecule has 1 heterocycles. The molecule has 0 aliphatic rings. The maximum Gasteiger partial charge on any atom is 0.343 e. The molecule has 0 amide bonds. The van der Waals surface area contributed by atoms with Crippen molar-refractivity contribution in [3.8, 4) is 0 Å². The van der Waals surface area contributed by atoms with Crippen LogP contribution in [0.3, 0.4) is 0 Å². The molecule has 0 unspecified atom stereocenters. The van der Waals surface area contributed by atoms with Crippen LogP contribution in [0.4, 0.5) is 10.2 Å². The van der Waals surface area contributed by atoms with Gasteiger partial charge in [0.05, 0.1) is 18.4 Å². The maximum atomic E-state index is 13.5. The Morgan fingerprint density at radius 2 is 2.05 bits per heavy atom. The first kappa shape index (κ1) is 13.7. The van der Waals surface area contributed by atoms with Gasteiger partial charge in [-0.1, -0.05) is 12.1 Å². The zero-order chi connectivity index (χ0) is 14.7. The van der Waals surface area contributed by atoms with Crippen molar-refractivity contribution in [3.05, 3.63) is 47.4 Å². The predicted molar refractivity (Wildman–Crippen MR) is 68.7 cm³/mol. The SMILES string of the molecule is CCOC(=O)c1cnn(C(=O)c2ccccc2F)c1N. The highest BCUT2D eigenvalue weighted by atomic mass is 19.1. The molecule has 20 heavy (non-hydrogen) atoms. The van der Waals surface area contributed by atoms with E-state index in [-0.39, 0.29) is 23.6 Å². The van der Waals surface area contributed by atoms with Crippen molar-refractivity contribution in [3.63, 3.8) is 0 Å². The number of nitrogens with zero attached hydrogens (tertiary/aromatic N) is 2. The van der Waals surface area contributed by atoms with Gasteiger partial charge in [-0.05, 0) is 19.1 Å². The third-order valence-corrected chi connectivity index (χ3v) is 2.60. The maximum absolute atomic E-state index is 13.5. The number of hydrogen-bond acceptors (Lipinski definition) is 5. The first-order valence-corrected chi connectivity index (χ1v) is 5.86. The van der Waals surface area contributed by atoms with Gasteiger partial charge in [0.15, 0.2) is 0 Å². The second-order valence-corrected chi connectivity index (χ2v) is 3.86. The molecule has 7 heteroatoms. The monoisotopic (exact) mass is 277 g/mol. The summed E-state index contributed by atoms with van der Waals surface area (Å²) in [6, 6.07) is 5.44. The predicted octanol–water partition coefficient (Wildman–Crippen LogP) is 1.47. The Hall–Kier alpha value is -2.70. The van der Waals surface area contributed by atoms with Crippen molar-refractivity contribution in [2.24, 2.45) is 0 Å². The summed E-state index contributed by atoms with van der Waals surface area (Å²) in [6.45, 7) is 1.81. The summed E-state index contributed by atoms with van der Waals surface area (Å²) in [5.41, 5.74) is 5.47. The normalized spacial score (nSPS) is 10.3. The van der Waals surface area contributed by atoms with E-state index < -0.39 is 17.7 Å². The minimum Gasteiger partial charge on any atom is -0.462 e. The van der Waals surface area contributed by atoms with Gasteiger partial charge in [-0.25, -0.2) is 9.18 Å². The molecule has 0 spiro atoms. The van der Waals surface area contributed by atoms with Gasteiger partial charge in [0.2, 0.25) is 0 Å². The fraction of sp³-hybridized carbons (Fsp3) is 0.154. The van der Waals surface area contributed by atoms with Gasteiger partial charge in [0.25, 0.3) is 5.91 Å². The van der Waals surface area contributed by atoms with Crippen LogP contribution < -0.4 is 5.73 Å². The summed E-state index contributed by atoms with van der Waals surface area (Å²) in [6.07, 6.45) is 1.12. The second kappa shape index (κ2) is 5.52. The Labute approximate surface area is 113 Å². The van der Waals surface area contributed by atoms with Gasteiger partial charge in [-0.2, -0.15) is 9.78 Å². The molecule has 104 valence electrons. The minimum atomic E-state index is -0.754. The standard InChI is InChI=1S/C13H12FN3O3/c1-2-20-13(19)9-7-16-17(11(9)15)12(18)8-5-3-4-6-10(8)14/h3-7H,2,15H2,1H3. The third kappa shape index (κ3) is 2.37. The van der Waals surface area contributed by atoms with Crippen molar-refractivity contribution in [1.82, 2.24) is 9.78 Å². The van der Waals surface area contributed by atoms with Crippen LogP contribution in [0.15, 0.2) is 30.5 Å². The molecule has 2 N–H and O–H groups in total. The zero-order valence-corrected chi connectivity index (χ0v) is 10.7. The number of esters is 1. The molecule has 1 aromatic carbocycles. The number of carbonyl (C=O) groups excluding carboxylic acids is 2. The highest BCUT2D eigenvalue weighted by molar-refractivity contribution is 6.01. The van der Waals surface area contributed by atoms with Crippen molar-refractivity contribution in [1.29, 1.82) is 0 Å². The first-order valence-electron chi connectivity index (χ1n) is 5.86. The summed E-state index contributed by atoms with van der Waals surface area (Å²) in [4.78, 5) is 23.7. The third-order valence-electron chi connectivity index (χ3n) is 2.60. The summed E-state index contributed by atoms with van der Waals surface area (Å²) in [5.74, 6) is -2.31. The number of rotatable bonds is 3. The van der Waals surface area contributed by atoms with E-state index in [0.717, 1.165) is 16.9 Å². The lowest BCUT2D eigenvalue weighted by Crippen LogP contribution is -2.18. The number of nitrogen functional groups attached to an aromatic ring is 1. The number of aromatic nitrogens is 2. The highest BCUT2D eigenvalue weighted by Crippen LogP contribution is 2.16. The van der Waals surface area contributed by atoms with E-state index in [2.05, 4.69) is 5.10 Å². The molecule has 0 saturated carbocycles. The molecule has 0 atom stereocenters. The second-order valence-electron chi connectivity index (χ2n) is 3.86. The molecule has 0 radical (unpaired) electrons. The van der Waals surface area contributed by atoms with E-state index in [0.29, 0.717) is 0 Å². The van der Waals surface area contributed by atoms with Crippen molar-refractivity contribution in [2.75, 3.05) is 12.3 Å². The van der Waals surface area contributed by atoms with Gasteiger partial charge in [0, 0.05) is 0 Å². The summed E-state index contributed by atoms with van der Waals surface area (Å²) >= 11 is 0. The quantitative estimate of drug-likeness (QED) is 0.858. The van der Waals surface area contributed by atoms with Gasteiger partial charge in [-0.15, -0.1) is 0 Å². The van der Waals surface area contributed by atoms with Gasteiger partial charge >= 0.3 is 5.97 Å². The lowest BCUT2D eigenvalue weighted by molar-refractivity contribution is 0.0527. The van der Waals surface area contributed by atoms with E-state index in [1.807, 2.05) is 0 Å². The molecular weight excluding hydrogens is 265 g/mol. The molecule has 0 bridgehead atoms. The van der Waals surface area contributed by atoms with Crippen LogP contribution in [0.25, 0.3) is 0 Å². The number of benzene rings is 1. The summed E-state index contributed by atoms with van der Waals surface area (Å²) < 4.78 is 19.1. The topological polar surface area (TPSA) is 87.2 Å².